The Morgan fingerprint density at radius 1 is 0.667 bits per heavy atom. The summed E-state index contributed by atoms with van der Waals surface area (Å²) in [6, 6.07) is 0. The summed E-state index contributed by atoms with van der Waals surface area (Å²) < 4.78 is 0. The van der Waals surface area contributed by atoms with Crippen LogP contribution >= 0.6 is 11.6 Å². The van der Waals surface area contributed by atoms with Gasteiger partial charge in [-0.05, 0) is 62.2 Å². The normalized spacial score (nSPS) is 57.2. The molecule has 0 N–H and O–H groups in total. The minimum absolute atomic E-state index is 0.533. The fourth-order valence-corrected chi connectivity index (χ4v) is 4.50. The highest BCUT2D eigenvalue weighted by molar-refractivity contribution is 6.20. The Bertz CT molecular complexity index is 175. The van der Waals surface area contributed by atoms with Crippen LogP contribution < -0.4 is 0 Å². The highest BCUT2D eigenvalue weighted by Crippen LogP contribution is 2.52. The van der Waals surface area contributed by atoms with Gasteiger partial charge < -0.3 is 0 Å². The van der Waals surface area contributed by atoms with Crippen molar-refractivity contribution in [2.24, 2.45) is 23.7 Å². The molecule has 4 fully saturated rings. The first-order valence-electron chi connectivity index (χ1n) is 5.45. The molecule has 4 bridgehead atoms. The van der Waals surface area contributed by atoms with E-state index >= 15 is 0 Å². The maximum atomic E-state index is 6.41. The largest absolute Gasteiger partial charge is 0.123 e. The van der Waals surface area contributed by atoms with Crippen LogP contribution in [0.4, 0.5) is 0 Å². The topological polar surface area (TPSA) is 0 Å². The third-order valence-electron chi connectivity index (χ3n) is 4.34. The number of hydrogen-bond donors (Lipinski definition) is 0. The van der Waals surface area contributed by atoms with Crippen LogP contribution in [0.3, 0.4) is 0 Å². The monoisotopic (exact) mass is 184 g/mol. The fourth-order valence-electron chi connectivity index (χ4n) is 4.04. The Morgan fingerprint density at radius 2 is 1.17 bits per heavy atom. The third kappa shape index (κ3) is 1.11. The minimum atomic E-state index is 0.533. The van der Waals surface area contributed by atoms with Crippen molar-refractivity contribution in [2.75, 3.05) is 0 Å². The van der Waals surface area contributed by atoms with Crippen LogP contribution in [0.25, 0.3) is 0 Å². The van der Waals surface area contributed by atoms with Crippen LogP contribution in [0.2, 0.25) is 0 Å². The van der Waals surface area contributed by atoms with Crippen LogP contribution in [0.15, 0.2) is 0 Å². The first kappa shape index (κ1) is 7.67. The summed E-state index contributed by atoms with van der Waals surface area (Å²) in [6.07, 6.45) is 8.81. The molecule has 4 saturated carbocycles. The lowest BCUT2D eigenvalue weighted by atomic mass is 9.68. The second-order valence-corrected chi connectivity index (χ2v) is 5.85. The average molecular weight is 185 g/mol. The van der Waals surface area contributed by atoms with E-state index < -0.39 is 0 Å². The van der Waals surface area contributed by atoms with Gasteiger partial charge in [-0.25, -0.2) is 0 Å². The predicted molar refractivity (Wildman–Crippen MR) is 51.3 cm³/mol. The van der Waals surface area contributed by atoms with Gasteiger partial charge in [0.1, 0.15) is 0 Å². The fraction of sp³-hybridized carbons (Fsp3) is 1.00. The molecule has 0 amide bonds. The van der Waals surface area contributed by atoms with Gasteiger partial charge in [0.2, 0.25) is 0 Å². The molecule has 0 aromatic carbocycles. The molecule has 0 aromatic heterocycles. The van der Waals surface area contributed by atoms with Crippen LogP contribution in [0.1, 0.15) is 38.5 Å². The zero-order valence-corrected chi connectivity index (χ0v) is 8.26. The first-order valence-corrected chi connectivity index (χ1v) is 5.89. The van der Waals surface area contributed by atoms with Crippen LogP contribution in [0.5, 0.6) is 0 Å². The summed E-state index contributed by atoms with van der Waals surface area (Å²) in [6.45, 7) is 0. The molecule has 0 radical (unpaired) electrons. The van der Waals surface area contributed by atoms with Gasteiger partial charge in [-0.2, -0.15) is 0 Å². The van der Waals surface area contributed by atoms with Gasteiger partial charge in [-0.15, -0.1) is 11.6 Å². The minimum Gasteiger partial charge on any atom is -0.123 e. The molecule has 12 heavy (non-hydrogen) atoms. The average Bonchev–Trinajstić information content (AvgIpc) is 2.16. The lowest BCUT2D eigenvalue weighted by molar-refractivity contribution is 0.134. The molecule has 3 atom stereocenters. The van der Waals surface area contributed by atoms with Gasteiger partial charge in [-0.1, -0.05) is 0 Å². The van der Waals surface area contributed by atoms with E-state index in [1.165, 1.54) is 38.5 Å². The van der Waals surface area contributed by atoms with Gasteiger partial charge in [0.25, 0.3) is 0 Å². The summed E-state index contributed by atoms with van der Waals surface area (Å²) in [5.41, 5.74) is 0. The molecule has 0 aromatic rings. The summed E-state index contributed by atoms with van der Waals surface area (Å²) in [7, 11) is 0. The number of hydrogen-bond acceptors (Lipinski definition) is 0. The lowest BCUT2D eigenvalue weighted by Crippen LogP contribution is -2.28. The van der Waals surface area contributed by atoms with Crippen LogP contribution in [0, 0.1) is 23.7 Å². The van der Waals surface area contributed by atoms with Gasteiger partial charge in [-0.3, -0.25) is 0 Å². The Hall–Kier alpha value is 0.290. The quantitative estimate of drug-likeness (QED) is 0.506. The molecular weight excluding hydrogens is 168 g/mol. The van der Waals surface area contributed by atoms with Gasteiger partial charge in [0, 0.05) is 5.38 Å². The molecular formula is C11H17Cl. The molecule has 4 aliphatic carbocycles. The lowest BCUT2D eigenvalue weighted by Gasteiger charge is -2.38. The maximum absolute atomic E-state index is 6.41. The second-order valence-electron chi connectivity index (χ2n) is 5.29. The van der Waals surface area contributed by atoms with E-state index in [1.54, 1.807) is 0 Å². The number of fused-ring (bicyclic) bond motifs is 1. The smallest absolute Gasteiger partial charge is 0.0367 e. The van der Waals surface area contributed by atoms with Crippen molar-refractivity contribution in [3.05, 3.63) is 0 Å². The highest BCUT2D eigenvalue weighted by Gasteiger charge is 2.42. The SMILES string of the molecule is Cl[C@@H]1CC2C[C@H]3CC1C[C@H](C2)C3. The Kier molecular flexibility index (Phi) is 1.69. The van der Waals surface area contributed by atoms with Crippen molar-refractivity contribution in [1.82, 2.24) is 0 Å². The first-order chi connectivity index (χ1) is 5.81. The Morgan fingerprint density at radius 3 is 1.75 bits per heavy atom. The zero-order chi connectivity index (χ0) is 8.13. The number of alkyl halides is 1. The van der Waals surface area contributed by atoms with E-state index in [-0.39, 0.29) is 0 Å². The summed E-state index contributed by atoms with van der Waals surface area (Å²) in [4.78, 5) is 0. The zero-order valence-electron chi connectivity index (χ0n) is 7.51. The van der Waals surface area contributed by atoms with Crippen molar-refractivity contribution in [2.45, 2.75) is 43.9 Å². The number of halogens is 1. The van der Waals surface area contributed by atoms with Gasteiger partial charge >= 0.3 is 0 Å². The molecule has 0 saturated heterocycles. The summed E-state index contributed by atoms with van der Waals surface area (Å²) in [5.74, 6) is 4.03. The van der Waals surface area contributed by atoms with E-state index in [2.05, 4.69) is 0 Å². The third-order valence-corrected chi connectivity index (χ3v) is 4.88. The van der Waals surface area contributed by atoms with E-state index in [0.29, 0.717) is 5.38 Å². The highest BCUT2D eigenvalue weighted by atomic mass is 35.5. The molecule has 0 nitrogen and oxygen atoms in total. The summed E-state index contributed by atoms with van der Waals surface area (Å²) in [5, 5.41) is 0.533. The molecule has 0 unspecified atom stereocenters. The van der Waals surface area contributed by atoms with Crippen molar-refractivity contribution in [3.63, 3.8) is 0 Å². The van der Waals surface area contributed by atoms with E-state index in [4.69, 9.17) is 11.6 Å². The van der Waals surface area contributed by atoms with Crippen LogP contribution in [-0.4, -0.2) is 5.38 Å². The van der Waals surface area contributed by atoms with Crippen molar-refractivity contribution in [1.29, 1.82) is 0 Å². The molecule has 4 aliphatic rings. The van der Waals surface area contributed by atoms with Crippen LogP contribution in [-0.2, 0) is 0 Å². The second kappa shape index (κ2) is 2.64. The van der Waals surface area contributed by atoms with E-state index in [9.17, 15) is 0 Å². The van der Waals surface area contributed by atoms with Gasteiger partial charge in [0.05, 0.1) is 0 Å². The van der Waals surface area contributed by atoms with Crippen molar-refractivity contribution >= 4 is 11.6 Å². The molecule has 1 heteroatoms. The number of rotatable bonds is 0. The molecule has 0 aliphatic heterocycles. The standard InChI is InChI=1S/C11H17Cl/c12-11-6-9-2-7-1-8(3-9)5-10(11)4-7/h7-11H,1-6H2/t7-,8-,9?,10?,11+/m0/s1. The molecule has 68 valence electrons. The summed E-state index contributed by atoms with van der Waals surface area (Å²) >= 11 is 6.41. The Labute approximate surface area is 79.7 Å². The van der Waals surface area contributed by atoms with Crippen molar-refractivity contribution in [3.8, 4) is 0 Å². The molecule has 4 rings (SSSR count). The Balaban J connectivity index is 1.91. The molecule has 0 heterocycles. The van der Waals surface area contributed by atoms with Crippen molar-refractivity contribution < 1.29 is 0 Å². The molecule has 0 spiro atoms. The van der Waals surface area contributed by atoms with E-state index in [0.717, 1.165) is 23.7 Å². The predicted octanol–water partition coefficient (Wildman–Crippen LogP) is 3.44. The van der Waals surface area contributed by atoms with Gasteiger partial charge in [0.15, 0.2) is 0 Å². The van der Waals surface area contributed by atoms with E-state index in [1.807, 2.05) is 0 Å². The maximum Gasteiger partial charge on any atom is 0.0367 e.